The van der Waals surface area contributed by atoms with Crippen molar-refractivity contribution in [3.05, 3.63) is 133 Å². The molecule has 0 saturated carbocycles. The van der Waals surface area contributed by atoms with E-state index in [0.717, 1.165) is 12.8 Å². The van der Waals surface area contributed by atoms with Crippen LogP contribution in [0.2, 0.25) is 0 Å². The van der Waals surface area contributed by atoms with Crippen molar-refractivity contribution in [2.24, 2.45) is 0 Å². The molecule has 0 bridgehead atoms. The number of hydrogen-bond donors (Lipinski definition) is 0. The first-order chi connectivity index (χ1) is 19.8. The summed E-state index contributed by atoms with van der Waals surface area (Å²) in [5.41, 5.74) is 9.34. The summed E-state index contributed by atoms with van der Waals surface area (Å²) in [6.45, 7) is 0. The van der Waals surface area contributed by atoms with Crippen molar-refractivity contribution >= 4 is 54.3 Å². The van der Waals surface area contributed by atoms with Gasteiger partial charge in [-0.25, -0.2) is 0 Å². The average molecular weight is 513 g/mol. The molecule has 2 nitrogen and oxygen atoms in total. The number of para-hydroxylation sites is 1. The van der Waals surface area contributed by atoms with Gasteiger partial charge in [-0.05, 0) is 95.3 Å². The number of hydrogen-bond acceptors (Lipinski definition) is 0. The highest BCUT2D eigenvalue weighted by atomic mass is 15.0. The molecule has 2 aromatic heterocycles. The number of aryl methyl sites for hydroxylation is 1. The highest BCUT2D eigenvalue weighted by molar-refractivity contribution is 6.14. The van der Waals surface area contributed by atoms with Gasteiger partial charge >= 0.3 is 0 Å². The maximum absolute atomic E-state index is 2.57. The van der Waals surface area contributed by atoms with Crippen LogP contribution in [0.3, 0.4) is 0 Å². The molecule has 0 N–H and O–H groups in total. The zero-order valence-corrected chi connectivity index (χ0v) is 22.3. The van der Waals surface area contributed by atoms with Crippen molar-refractivity contribution in [1.82, 2.24) is 9.13 Å². The summed E-state index contributed by atoms with van der Waals surface area (Å²) in [4.78, 5) is 0. The second kappa shape index (κ2) is 8.34. The molecule has 2 heteroatoms. The van der Waals surface area contributed by atoms with E-state index in [1.807, 2.05) is 0 Å². The summed E-state index contributed by atoms with van der Waals surface area (Å²) in [5, 5.41) is 9.18. The van der Waals surface area contributed by atoms with E-state index in [1.54, 1.807) is 5.56 Å². The molecular weight excluding hydrogens is 484 g/mol. The second-order valence-electron chi connectivity index (χ2n) is 11.3. The summed E-state index contributed by atoms with van der Waals surface area (Å²) >= 11 is 0. The Hall–Kier alpha value is -4.82. The molecule has 0 atom stereocenters. The molecule has 0 saturated heterocycles. The Morgan fingerprint density at radius 3 is 1.75 bits per heavy atom. The van der Waals surface area contributed by atoms with Gasteiger partial charge in [-0.3, -0.25) is 0 Å². The SMILES string of the molecule is c1ccc2cc(-n3c4c(c5cc6c7ccccc7n(-c7ccc8ccccc8c7)c6cc53)CCCC4)ccc2c1. The first kappa shape index (κ1) is 22.0. The van der Waals surface area contributed by atoms with Crippen LogP contribution >= 0.6 is 0 Å². The second-order valence-corrected chi connectivity index (χ2v) is 11.3. The van der Waals surface area contributed by atoms with Crippen molar-refractivity contribution in [2.45, 2.75) is 25.7 Å². The molecule has 0 amide bonds. The topological polar surface area (TPSA) is 9.86 Å². The van der Waals surface area contributed by atoms with Crippen LogP contribution in [-0.2, 0) is 12.8 Å². The Morgan fingerprint density at radius 2 is 1.00 bits per heavy atom. The average Bonchev–Trinajstić information content (AvgIpc) is 3.51. The summed E-state index contributed by atoms with van der Waals surface area (Å²) < 4.78 is 5.03. The molecular formula is C38H28N2. The van der Waals surface area contributed by atoms with Crippen LogP contribution in [0.5, 0.6) is 0 Å². The molecule has 1 aliphatic rings. The van der Waals surface area contributed by atoms with E-state index in [0.29, 0.717) is 0 Å². The third kappa shape index (κ3) is 3.11. The fourth-order valence-electron chi connectivity index (χ4n) is 7.21. The quantitative estimate of drug-likeness (QED) is 0.218. The normalized spacial score (nSPS) is 13.6. The van der Waals surface area contributed by atoms with Crippen LogP contribution in [0, 0.1) is 0 Å². The number of fused-ring (bicyclic) bond motifs is 8. The lowest BCUT2D eigenvalue weighted by molar-refractivity contribution is 0.667. The highest BCUT2D eigenvalue weighted by Gasteiger charge is 2.23. The molecule has 0 unspecified atom stereocenters. The van der Waals surface area contributed by atoms with Crippen molar-refractivity contribution in [3.8, 4) is 11.4 Å². The molecule has 0 spiro atoms. The highest BCUT2D eigenvalue weighted by Crippen LogP contribution is 2.41. The van der Waals surface area contributed by atoms with Gasteiger partial charge in [-0.2, -0.15) is 0 Å². The molecule has 0 radical (unpaired) electrons. The Bertz CT molecular complexity index is 2280. The Kier molecular flexibility index (Phi) is 4.59. The molecule has 190 valence electrons. The lowest BCUT2D eigenvalue weighted by Crippen LogP contribution is -2.06. The number of rotatable bonds is 2. The van der Waals surface area contributed by atoms with Crippen LogP contribution in [0.1, 0.15) is 24.1 Å². The van der Waals surface area contributed by atoms with E-state index in [1.165, 1.54) is 84.2 Å². The fraction of sp³-hybridized carbons (Fsp3) is 0.105. The first-order valence-electron chi connectivity index (χ1n) is 14.4. The van der Waals surface area contributed by atoms with Crippen LogP contribution in [-0.4, -0.2) is 9.13 Å². The number of nitrogens with zero attached hydrogens (tertiary/aromatic N) is 2. The molecule has 1 aliphatic carbocycles. The molecule has 0 aliphatic heterocycles. The molecule has 0 fully saturated rings. The minimum atomic E-state index is 1.13. The van der Waals surface area contributed by atoms with E-state index in [9.17, 15) is 0 Å². The summed E-state index contributed by atoms with van der Waals surface area (Å²) in [6.07, 6.45) is 4.80. The number of aromatic nitrogens is 2. The van der Waals surface area contributed by atoms with Gasteiger partial charge in [0.1, 0.15) is 0 Å². The molecule has 9 rings (SSSR count). The van der Waals surface area contributed by atoms with Crippen molar-refractivity contribution in [2.75, 3.05) is 0 Å². The standard InChI is InChI=1S/C38H28N2/c1-3-11-27-21-29(19-17-25(27)9-1)39-35-15-7-5-13-31(35)33-23-34-32-14-6-8-16-36(32)40(38(34)24-37(33)39)30-20-18-26-10-2-4-12-28(26)22-30/h1-5,7,9-13,15,17-24H,6,8,14,16H2. The molecule has 40 heavy (non-hydrogen) atoms. The molecule has 2 heterocycles. The first-order valence-corrected chi connectivity index (χ1v) is 14.4. The third-order valence-electron chi connectivity index (χ3n) is 9.05. The van der Waals surface area contributed by atoms with E-state index in [2.05, 4.69) is 130 Å². The minimum absolute atomic E-state index is 1.13. The largest absolute Gasteiger partial charge is 0.313 e. The van der Waals surface area contributed by atoms with Gasteiger partial charge < -0.3 is 9.13 Å². The molecule has 8 aromatic rings. The zero-order valence-electron chi connectivity index (χ0n) is 22.3. The van der Waals surface area contributed by atoms with E-state index >= 15 is 0 Å². The monoisotopic (exact) mass is 512 g/mol. The summed E-state index contributed by atoms with van der Waals surface area (Å²) in [7, 11) is 0. The maximum atomic E-state index is 2.57. The number of benzene rings is 6. The van der Waals surface area contributed by atoms with Gasteiger partial charge in [0.15, 0.2) is 0 Å². The Balaban J connectivity index is 1.40. The van der Waals surface area contributed by atoms with E-state index in [4.69, 9.17) is 0 Å². The fourth-order valence-corrected chi connectivity index (χ4v) is 7.21. The van der Waals surface area contributed by atoms with Gasteiger partial charge in [0.2, 0.25) is 0 Å². The summed E-state index contributed by atoms with van der Waals surface area (Å²) in [6, 6.07) is 45.0. The lowest BCUT2D eigenvalue weighted by atomic mass is 9.95. The molecule has 6 aromatic carbocycles. The predicted octanol–water partition coefficient (Wildman–Crippen LogP) is 9.91. The van der Waals surface area contributed by atoms with Gasteiger partial charge in [0, 0.05) is 33.2 Å². The van der Waals surface area contributed by atoms with Crippen molar-refractivity contribution in [3.63, 3.8) is 0 Å². The third-order valence-corrected chi connectivity index (χ3v) is 9.05. The smallest absolute Gasteiger partial charge is 0.0562 e. The summed E-state index contributed by atoms with van der Waals surface area (Å²) in [5.74, 6) is 0. The van der Waals surface area contributed by atoms with Gasteiger partial charge in [0.05, 0.1) is 16.6 Å². The van der Waals surface area contributed by atoms with Crippen molar-refractivity contribution < 1.29 is 0 Å². The Labute approximate surface area is 232 Å². The van der Waals surface area contributed by atoms with Gasteiger partial charge in [-0.15, -0.1) is 0 Å². The Morgan fingerprint density at radius 1 is 0.400 bits per heavy atom. The van der Waals surface area contributed by atoms with E-state index < -0.39 is 0 Å². The van der Waals surface area contributed by atoms with Gasteiger partial charge in [-0.1, -0.05) is 78.9 Å². The zero-order chi connectivity index (χ0) is 26.2. The van der Waals surface area contributed by atoms with Crippen LogP contribution in [0.25, 0.3) is 65.6 Å². The van der Waals surface area contributed by atoms with Crippen LogP contribution in [0.15, 0.2) is 121 Å². The van der Waals surface area contributed by atoms with Crippen LogP contribution < -0.4 is 0 Å². The minimum Gasteiger partial charge on any atom is -0.313 e. The van der Waals surface area contributed by atoms with E-state index in [-0.39, 0.29) is 0 Å². The van der Waals surface area contributed by atoms with Crippen molar-refractivity contribution in [1.29, 1.82) is 0 Å². The lowest BCUT2D eigenvalue weighted by Gasteiger charge is -2.16. The van der Waals surface area contributed by atoms with Crippen LogP contribution in [0.4, 0.5) is 0 Å². The predicted molar refractivity (Wildman–Crippen MR) is 169 cm³/mol. The van der Waals surface area contributed by atoms with Gasteiger partial charge in [0.25, 0.3) is 0 Å². The maximum Gasteiger partial charge on any atom is 0.0562 e.